The van der Waals surface area contributed by atoms with E-state index < -0.39 is 0 Å². The molecular formula is C12H14N4O2. The molecule has 6 nitrogen and oxygen atoms in total. The summed E-state index contributed by atoms with van der Waals surface area (Å²) >= 11 is 0. The number of anilines is 2. The van der Waals surface area contributed by atoms with Gasteiger partial charge in [-0.15, -0.1) is 0 Å². The van der Waals surface area contributed by atoms with E-state index in [4.69, 9.17) is 5.73 Å². The number of hydrogen-bond acceptors (Lipinski definition) is 6. The van der Waals surface area contributed by atoms with E-state index in [1.165, 1.54) is 7.11 Å². The predicted octanol–water partition coefficient (Wildman–Crippen LogP) is 1.19. The fourth-order valence-corrected chi connectivity index (χ4v) is 1.61. The fraction of sp³-hybridized carbons (Fsp3) is 0.250. The Morgan fingerprint density at radius 1 is 1.39 bits per heavy atom. The van der Waals surface area contributed by atoms with Crippen LogP contribution >= 0.6 is 0 Å². The summed E-state index contributed by atoms with van der Waals surface area (Å²) in [7, 11) is 1.36. The van der Waals surface area contributed by atoms with Crippen LogP contribution in [0.1, 0.15) is 6.42 Å². The van der Waals surface area contributed by atoms with Gasteiger partial charge < -0.3 is 15.8 Å². The predicted molar refractivity (Wildman–Crippen MR) is 69.1 cm³/mol. The van der Waals surface area contributed by atoms with Gasteiger partial charge >= 0.3 is 5.97 Å². The normalized spacial score (nSPS) is 10.3. The number of ether oxygens (including phenoxy) is 1. The molecule has 1 aromatic carbocycles. The lowest BCUT2D eigenvalue weighted by molar-refractivity contribution is -0.140. The summed E-state index contributed by atoms with van der Waals surface area (Å²) in [4.78, 5) is 19.3. The molecule has 0 unspecified atom stereocenters. The molecule has 0 saturated heterocycles. The average molecular weight is 246 g/mol. The van der Waals surface area contributed by atoms with Crippen molar-refractivity contribution >= 4 is 28.6 Å². The Balaban J connectivity index is 2.19. The van der Waals surface area contributed by atoms with Crippen molar-refractivity contribution in [2.24, 2.45) is 0 Å². The third-order valence-corrected chi connectivity index (χ3v) is 2.47. The van der Waals surface area contributed by atoms with Crippen LogP contribution in [-0.2, 0) is 9.53 Å². The zero-order valence-electron chi connectivity index (χ0n) is 10.0. The molecule has 2 rings (SSSR count). The number of esters is 1. The lowest BCUT2D eigenvalue weighted by Crippen LogP contribution is -2.11. The van der Waals surface area contributed by atoms with Crippen LogP contribution in [0.15, 0.2) is 24.3 Å². The number of nitrogen functional groups attached to an aromatic ring is 1. The molecule has 0 radical (unpaired) electrons. The van der Waals surface area contributed by atoms with E-state index in [9.17, 15) is 4.79 Å². The molecule has 0 atom stereocenters. The second kappa shape index (κ2) is 5.31. The fourth-order valence-electron chi connectivity index (χ4n) is 1.61. The molecule has 0 saturated carbocycles. The number of carbonyl (C=O) groups excluding carboxylic acids is 1. The maximum atomic E-state index is 11.0. The molecule has 0 amide bonds. The van der Waals surface area contributed by atoms with Crippen LogP contribution in [0.25, 0.3) is 10.9 Å². The molecule has 3 N–H and O–H groups in total. The highest BCUT2D eigenvalue weighted by Gasteiger charge is 2.06. The number of aromatic nitrogens is 2. The van der Waals surface area contributed by atoms with Gasteiger partial charge in [-0.3, -0.25) is 4.79 Å². The van der Waals surface area contributed by atoms with E-state index >= 15 is 0 Å². The van der Waals surface area contributed by atoms with Crippen LogP contribution < -0.4 is 11.1 Å². The van der Waals surface area contributed by atoms with Gasteiger partial charge in [0.2, 0.25) is 5.95 Å². The van der Waals surface area contributed by atoms with Crippen molar-refractivity contribution in [2.45, 2.75) is 6.42 Å². The van der Waals surface area contributed by atoms with Crippen molar-refractivity contribution in [1.82, 2.24) is 9.97 Å². The molecule has 2 aromatic rings. The maximum Gasteiger partial charge on any atom is 0.307 e. The van der Waals surface area contributed by atoms with E-state index in [0.717, 1.165) is 10.9 Å². The number of nitrogens with zero attached hydrogens (tertiary/aromatic N) is 2. The highest BCUT2D eigenvalue weighted by molar-refractivity contribution is 5.89. The van der Waals surface area contributed by atoms with Gasteiger partial charge in [-0.25, -0.2) is 4.98 Å². The second-order valence-electron chi connectivity index (χ2n) is 3.70. The van der Waals surface area contributed by atoms with Crippen LogP contribution in [0, 0.1) is 0 Å². The van der Waals surface area contributed by atoms with Crippen LogP contribution in [-0.4, -0.2) is 29.6 Å². The average Bonchev–Trinajstić information content (AvgIpc) is 2.38. The van der Waals surface area contributed by atoms with Crippen LogP contribution in [0.4, 0.5) is 11.8 Å². The number of hydrogen-bond donors (Lipinski definition) is 2. The van der Waals surface area contributed by atoms with Crippen LogP contribution in [0.2, 0.25) is 0 Å². The largest absolute Gasteiger partial charge is 0.469 e. The molecule has 94 valence electrons. The molecule has 0 spiro atoms. The summed E-state index contributed by atoms with van der Waals surface area (Å²) in [6, 6.07) is 7.54. The monoisotopic (exact) mass is 246 g/mol. The molecule has 0 aliphatic heterocycles. The topological polar surface area (TPSA) is 90.1 Å². The van der Waals surface area contributed by atoms with Crippen molar-refractivity contribution in [3.8, 4) is 0 Å². The number of methoxy groups -OCH3 is 1. The number of fused-ring (bicyclic) bond motifs is 1. The number of benzene rings is 1. The van der Waals surface area contributed by atoms with Crippen molar-refractivity contribution in [3.05, 3.63) is 24.3 Å². The Hall–Kier alpha value is -2.37. The zero-order valence-corrected chi connectivity index (χ0v) is 10.0. The van der Waals surface area contributed by atoms with Crippen molar-refractivity contribution < 1.29 is 9.53 Å². The molecule has 0 aliphatic carbocycles. The molecule has 18 heavy (non-hydrogen) atoms. The second-order valence-corrected chi connectivity index (χ2v) is 3.70. The minimum Gasteiger partial charge on any atom is -0.469 e. The van der Waals surface area contributed by atoms with E-state index in [2.05, 4.69) is 20.0 Å². The molecule has 0 fully saturated rings. The first-order valence-electron chi connectivity index (χ1n) is 5.53. The van der Waals surface area contributed by atoms with Crippen molar-refractivity contribution in [1.29, 1.82) is 0 Å². The van der Waals surface area contributed by atoms with Crippen LogP contribution in [0.3, 0.4) is 0 Å². The van der Waals surface area contributed by atoms with Gasteiger partial charge in [-0.1, -0.05) is 12.1 Å². The van der Waals surface area contributed by atoms with E-state index in [0.29, 0.717) is 12.4 Å². The lowest BCUT2D eigenvalue weighted by Gasteiger charge is -2.08. The summed E-state index contributed by atoms with van der Waals surface area (Å²) in [6.07, 6.45) is 0.273. The highest BCUT2D eigenvalue weighted by Crippen LogP contribution is 2.20. The summed E-state index contributed by atoms with van der Waals surface area (Å²) in [6.45, 7) is 0.438. The quantitative estimate of drug-likeness (QED) is 0.787. The van der Waals surface area contributed by atoms with E-state index in [1.807, 2.05) is 24.3 Å². The molecule has 1 heterocycles. The van der Waals surface area contributed by atoms with E-state index in [1.54, 1.807) is 0 Å². The van der Waals surface area contributed by atoms with Crippen LogP contribution in [0.5, 0.6) is 0 Å². The smallest absolute Gasteiger partial charge is 0.307 e. The molecule has 0 aliphatic rings. The van der Waals surface area contributed by atoms with Gasteiger partial charge in [0.1, 0.15) is 5.82 Å². The Labute approximate surface area is 104 Å². The van der Waals surface area contributed by atoms with Gasteiger partial charge in [0, 0.05) is 11.9 Å². The van der Waals surface area contributed by atoms with Gasteiger partial charge in [-0.2, -0.15) is 4.98 Å². The standard InChI is InChI=1S/C12H14N4O2/c1-18-10(17)6-7-14-11-8-4-2-3-5-9(8)15-12(13)16-11/h2-5H,6-7H2,1H3,(H3,13,14,15,16). The number of para-hydroxylation sites is 1. The highest BCUT2D eigenvalue weighted by atomic mass is 16.5. The summed E-state index contributed by atoms with van der Waals surface area (Å²) < 4.78 is 4.56. The molecule has 0 bridgehead atoms. The Bertz CT molecular complexity index is 571. The Kier molecular flexibility index (Phi) is 3.57. The first kappa shape index (κ1) is 12.1. The summed E-state index contributed by atoms with van der Waals surface area (Å²) in [5.41, 5.74) is 6.40. The Morgan fingerprint density at radius 2 is 2.17 bits per heavy atom. The number of rotatable bonds is 4. The van der Waals surface area contributed by atoms with Gasteiger partial charge in [-0.05, 0) is 12.1 Å². The SMILES string of the molecule is COC(=O)CCNc1nc(N)nc2ccccc12. The number of nitrogens with one attached hydrogen (secondary N) is 1. The van der Waals surface area contributed by atoms with Crippen molar-refractivity contribution in [2.75, 3.05) is 24.7 Å². The minimum absolute atomic E-state index is 0.203. The summed E-state index contributed by atoms with van der Waals surface area (Å²) in [5, 5.41) is 3.93. The molecular weight excluding hydrogens is 232 g/mol. The first-order chi connectivity index (χ1) is 8.70. The first-order valence-corrected chi connectivity index (χ1v) is 5.53. The molecule has 1 aromatic heterocycles. The third-order valence-electron chi connectivity index (χ3n) is 2.47. The summed E-state index contributed by atoms with van der Waals surface area (Å²) in [5.74, 6) is 0.560. The number of carbonyl (C=O) groups is 1. The third kappa shape index (κ3) is 2.65. The minimum atomic E-state index is -0.270. The van der Waals surface area contributed by atoms with Gasteiger partial charge in [0.15, 0.2) is 0 Å². The van der Waals surface area contributed by atoms with Gasteiger partial charge in [0.25, 0.3) is 0 Å². The van der Waals surface area contributed by atoms with Gasteiger partial charge in [0.05, 0.1) is 19.0 Å². The lowest BCUT2D eigenvalue weighted by atomic mass is 10.2. The Morgan fingerprint density at radius 3 is 2.94 bits per heavy atom. The number of nitrogens with two attached hydrogens (primary N) is 1. The van der Waals surface area contributed by atoms with E-state index in [-0.39, 0.29) is 18.3 Å². The van der Waals surface area contributed by atoms with Crippen molar-refractivity contribution in [3.63, 3.8) is 0 Å². The zero-order chi connectivity index (χ0) is 13.0. The maximum absolute atomic E-state index is 11.0. The molecule has 6 heteroatoms.